The Balaban J connectivity index is 2.31. The van der Waals surface area contributed by atoms with Crippen molar-refractivity contribution in [3.8, 4) is 5.75 Å². The topological polar surface area (TPSA) is 26.3 Å². The summed E-state index contributed by atoms with van der Waals surface area (Å²) in [6.07, 6.45) is 0.611. The Morgan fingerprint density at radius 2 is 1.72 bits per heavy atom. The Labute approximate surface area is 144 Å². The van der Waals surface area contributed by atoms with Gasteiger partial charge in [-0.1, -0.05) is 23.7 Å². The lowest BCUT2D eigenvalue weighted by Gasteiger charge is -2.20. The number of ether oxygens (including phenoxy) is 1. The molecule has 0 N–H and O–H groups in total. The first-order valence-electron chi connectivity index (χ1n) is 7.39. The van der Waals surface area contributed by atoms with Crippen LogP contribution in [0, 0.1) is 0 Å². The quantitative estimate of drug-likeness (QED) is 0.446. The first-order valence-corrected chi connectivity index (χ1v) is 7.39. The van der Waals surface area contributed by atoms with Gasteiger partial charge in [0.15, 0.2) is 0 Å². The molecule has 2 radical (unpaired) electrons. The number of carbonyl (C=O) groups is 1. The second-order valence-corrected chi connectivity index (χ2v) is 5.85. The molecule has 0 saturated carbocycles. The van der Waals surface area contributed by atoms with Gasteiger partial charge in [0.1, 0.15) is 26.5 Å². The van der Waals surface area contributed by atoms with Gasteiger partial charge in [0.25, 0.3) is 11.8 Å². The molecule has 0 aliphatic rings. The Morgan fingerprint density at radius 1 is 1.04 bits per heavy atom. The highest BCUT2D eigenvalue weighted by atomic mass is 19.3. The predicted octanol–water partition coefficient (Wildman–Crippen LogP) is 4.10. The van der Waals surface area contributed by atoms with Crippen LogP contribution in [0.25, 0.3) is 0 Å². The molecule has 2 nitrogen and oxygen atoms in total. The molecular weight excluding hydrogens is 335 g/mol. The number of hydrogen-bond acceptors (Lipinski definition) is 2. The van der Waals surface area contributed by atoms with Gasteiger partial charge in [-0.15, -0.1) is 0 Å². The molecule has 0 aromatic heterocycles. The molecule has 0 fully saturated rings. The highest BCUT2D eigenvalue weighted by molar-refractivity contribution is 6.34. The van der Waals surface area contributed by atoms with Gasteiger partial charge in [-0.05, 0) is 23.8 Å². The second-order valence-electron chi connectivity index (χ2n) is 5.85. The molecule has 0 atom stereocenters. The minimum Gasteiger partial charge on any atom is -0.490 e. The summed E-state index contributed by atoms with van der Waals surface area (Å²) in [5.74, 6) is -6.33. The minimum absolute atomic E-state index is 0.0689. The molecule has 7 heteroatoms. The molecule has 0 aliphatic carbocycles. The summed E-state index contributed by atoms with van der Waals surface area (Å²) in [4.78, 5) is 10.7. The fourth-order valence-corrected chi connectivity index (χ4v) is 2.31. The zero-order valence-corrected chi connectivity index (χ0v) is 13.7. The van der Waals surface area contributed by atoms with Crippen molar-refractivity contribution in [2.24, 2.45) is 0 Å². The Hall–Kier alpha value is -2.31. The highest BCUT2D eigenvalue weighted by Gasteiger charge is 2.32. The molecule has 0 bridgehead atoms. The molecule has 2 rings (SSSR count). The monoisotopic (exact) mass is 350 g/mol. The molecule has 0 spiro atoms. The van der Waals surface area contributed by atoms with E-state index in [4.69, 9.17) is 12.6 Å². The maximum atomic E-state index is 13.8. The van der Waals surface area contributed by atoms with Crippen molar-refractivity contribution in [3.05, 3.63) is 58.7 Å². The zero-order valence-electron chi connectivity index (χ0n) is 13.7. The molecular formula is C18H15BF4O2. The van der Waals surface area contributed by atoms with Crippen molar-refractivity contribution in [3.63, 3.8) is 0 Å². The average Bonchev–Trinajstić information content (AvgIpc) is 2.51. The fourth-order valence-electron chi connectivity index (χ4n) is 2.31. The van der Waals surface area contributed by atoms with E-state index < -0.39 is 23.0 Å². The van der Waals surface area contributed by atoms with Crippen LogP contribution in [0.5, 0.6) is 5.75 Å². The summed E-state index contributed by atoms with van der Waals surface area (Å²) < 4.78 is 59.9. The lowest BCUT2D eigenvalue weighted by atomic mass is 9.93. The van der Waals surface area contributed by atoms with E-state index in [-0.39, 0.29) is 23.4 Å². The number of aldehydes is 1. The van der Waals surface area contributed by atoms with Crippen LogP contribution in [-0.4, -0.2) is 14.1 Å². The zero-order chi connectivity index (χ0) is 18.8. The van der Waals surface area contributed by atoms with E-state index >= 15 is 0 Å². The molecule has 2 aromatic rings. The van der Waals surface area contributed by atoms with E-state index in [2.05, 4.69) is 0 Å². The van der Waals surface area contributed by atoms with Crippen molar-refractivity contribution >= 4 is 19.6 Å². The SMILES string of the molecule is [B]c1cc(C=O)ccc1OCc1ccc(C(C)(F)F)cc1C(C)(F)F. The van der Waals surface area contributed by atoms with Crippen molar-refractivity contribution in [2.45, 2.75) is 32.3 Å². The van der Waals surface area contributed by atoms with Gasteiger partial charge in [0, 0.05) is 30.5 Å². The van der Waals surface area contributed by atoms with Gasteiger partial charge < -0.3 is 4.74 Å². The van der Waals surface area contributed by atoms with Crippen molar-refractivity contribution in [1.29, 1.82) is 0 Å². The van der Waals surface area contributed by atoms with Gasteiger partial charge >= 0.3 is 0 Å². The standard InChI is InChI=1S/C18H15BF4O2/c1-17(20,21)13-5-4-12(14(8-13)18(2,22)23)10-25-16-6-3-11(9-24)7-15(16)19/h3-9H,10H2,1-2H3. The number of rotatable bonds is 6. The van der Waals surface area contributed by atoms with E-state index in [9.17, 15) is 22.4 Å². The average molecular weight is 350 g/mol. The van der Waals surface area contributed by atoms with E-state index in [1.807, 2.05) is 0 Å². The van der Waals surface area contributed by atoms with Gasteiger partial charge in [-0.2, -0.15) is 0 Å². The third kappa shape index (κ3) is 4.62. The number of hydrogen-bond donors (Lipinski definition) is 0. The van der Waals surface area contributed by atoms with E-state index in [0.29, 0.717) is 25.7 Å². The number of halogens is 4. The summed E-state index contributed by atoms with van der Waals surface area (Å²) in [7, 11) is 5.73. The maximum Gasteiger partial charge on any atom is 0.270 e. The minimum atomic E-state index is -3.31. The summed E-state index contributed by atoms with van der Waals surface area (Å²) in [6.45, 7) is 1.00. The predicted molar refractivity (Wildman–Crippen MR) is 87.1 cm³/mol. The van der Waals surface area contributed by atoms with Crippen LogP contribution in [0.2, 0.25) is 0 Å². The summed E-state index contributed by atoms with van der Waals surface area (Å²) in [6, 6.07) is 7.37. The van der Waals surface area contributed by atoms with Crippen molar-refractivity contribution < 1.29 is 27.1 Å². The van der Waals surface area contributed by atoms with Crippen LogP contribution in [0.1, 0.15) is 40.9 Å². The third-order valence-electron chi connectivity index (χ3n) is 3.64. The van der Waals surface area contributed by atoms with Crippen LogP contribution in [-0.2, 0) is 18.5 Å². The van der Waals surface area contributed by atoms with E-state index in [0.717, 1.165) is 12.1 Å². The van der Waals surface area contributed by atoms with Crippen LogP contribution < -0.4 is 10.2 Å². The Morgan fingerprint density at radius 3 is 2.24 bits per heavy atom. The Bertz CT molecular complexity index is 780. The van der Waals surface area contributed by atoms with Gasteiger partial charge in [-0.25, -0.2) is 17.6 Å². The van der Waals surface area contributed by atoms with Gasteiger partial charge in [0.05, 0.1) is 0 Å². The van der Waals surface area contributed by atoms with Crippen molar-refractivity contribution in [2.75, 3.05) is 0 Å². The van der Waals surface area contributed by atoms with Gasteiger partial charge in [-0.3, -0.25) is 4.79 Å². The number of carbonyl (C=O) groups excluding carboxylic acids is 1. The number of benzene rings is 2. The highest BCUT2D eigenvalue weighted by Crippen LogP contribution is 2.35. The smallest absolute Gasteiger partial charge is 0.270 e. The van der Waals surface area contributed by atoms with Crippen molar-refractivity contribution in [1.82, 2.24) is 0 Å². The first kappa shape index (κ1) is 19.0. The van der Waals surface area contributed by atoms with Crippen LogP contribution in [0.3, 0.4) is 0 Å². The second kappa shape index (κ2) is 6.90. The van der Waals surface area contributed by atoms with Gasteiger partial charge in [0.2, 0.25) is 0 Å². The molecule has 0 amide bonds. The molecule has 0 aliphatic heterocycles. The molecule has 25 heavy (non-hydrogen) atoms. The maximum absolute atomic E-state index is 13.8. The molecule has 0 unspecified atom stereocenters. The van der Waals surface area contributed by atoms with Crippen LogP contribution >= 0.6 is 0 Å². The molecule has 0 saturated heterocycles. The third-order valence-corrected chi connectivity index (χ3v) is 3.64. The molecule has 2 aromatic carbocycles. The summed E-state index contributed by atoms with van der Waals surface area (Å²) >= 11 is 0. The largest absolute Gasteiger partial charge is 0.490 e. The van der Waals surface area contributed by atoms with E-state index in [1.54, 1.807) is 0 Å². The first-order chi connectivity index (χ1) is 11.5. The Kier molecular flexibility index (Phi) is 5.25. The van der Waals surface area contributed by atoms with E-state index in [1.165, 1.54) is 24.3 Å². The van der Waals surface area contributed by atoms with Crippen LogP contribution in [0.15, 0.2) is 36.4 Å². The normalized spacial score (nSPS) is 12.1. The molecule has 0 heterocycles. The lowest BCUT2D eigenvalue weighted by molar-refractivity contribution is 0.00935. The fraction of sp³-hybridized carbons (Fsp3) is 0.278. The summed E-state index contributed by atoms with van der Waals surface area (Å²) in [5, 5.41) is 0. The van der Waals surface area contributed by atoms with Crippen LogP contribution in [0.4, 0.5) is 17.6 Å². The number of alkyl halides is 4. The summed E-state index contributed by atoms with van der Waals surface area (Å²) in [5.41, 5.74) is -0.442. The molecule has 130 valence electrons. The lowest BCUT2D eigenvalue weighted by Crippen LogP contribution is -2.17.